The highest BCUT2D eigenvalue weighted by Crippen LogP contribution is 1.92. The molecule has 0 aliphatic rings. The Morgan fingerprint density at radius 3 is 2.64 bits per heavy atom. The van der Waals surface area contributed by atoms with Crippen molar-refractivity contribution in [2.45, 2.75) is 6.92 Å². The quantitative estimate of drug-likeness (QED) is 0.460. The molecule has 0 atom stereocenters. The van der Waals surface area contributed by atoms with Gasteiger partial charge in [-0.1, -0.05) is 11.8 Å². The van der Waals surface area contributed by atoms with Gasteiger partial charge in [0.15, 0.2) is 5.17 Å². The van der Waals surface area contributed by atoms with Gasteiger partial charge in [-0.05, 0) is 13.2 Å². The molecule has 2 N–H and O–H groups in total. The molecule has 0 fully saturated rings. The summed E-state index contributed by atoms with van der Waals surface area (Å²) in [6.45, 7) is 2.52. The lowest BCUT2D eigenvalue weighted by molar-refractivity contribution is 0.216. The Kier molecular flexibility index (Phi) is 4.69. The van der Waals surface area contributed by atoms with Crippen molar-refractivity contribution in [1.29, 1.82) is 5.41 Å². The molecule has 0 aliphatic heterocycles. The number of amides is 2. The van der Waals surface area contributed by atoms with Crippen LogP contribution in [0.15, 0.2) is 0 Å². The zero-order valence-electron chi connectivity index (χ0n) is 6.97. The van der Waals surface area contributed by atoms with Crippen molar-refractivity contribution in [2.75, 3.05) is 19.8 Å². The summed E-state index contributed by atoms with van der Waals surface area (Å²) in [7, 11) is 1.68. The van der Waals surface area contributed by atoms with Crippen LogP contribution in [-0.2, 0) is 0 Å². The average molecular weight is 175 g/mol. The molecule has 5 heteroatoms. The summed E-state index contributed by atoms with van der Waals surface area (Å²) in [6, 6.07) is -0.230. The molecule has 0 saturated heterocycles. The van der Waals surface area contributed by atoms with Gasteiger partial charge in [-0.3, -0.25) is 10.7 Å². The van der Waals surface area contributed by atoms with E-state index in [4.69, 9.17) is 5.41 Å². The maximum atomic E-state index is 11.0. The number of thioether (sulfide) groups is 1. The van der Waals surface area contributed by atoms with Crippen molar-refractivity contribution in [3.05, 3.63) is 0 Å². The number of hydrogen-bond acceptors (Lipinski definition) is 3. The molecule has 0 radical (unpaired) electrons. The molecule has 0 saturated carbocycles. The van der Waals surface area contributed by atoms with Crippen molar-refractivity contribution in [3.63, 3.8) is 0 Å². The van der Waals surface area contributed by atoms with Gasteiger partial charge in [-0.15, -0.1) is 0 Å². The predicted octanol–water partition coefficient (Wildman–Crippen LogP) is 0.945. The SMILES string of the molecule is CCN(C)C(=O)NC(=N)SC. The molecule has 11 heavy (non-hydrogen) atoms. The third kappa shape index (κ3) is 3.87. The first kappa shape index (κ1) is 10.3. The largest absolute Gasteiger partial charge is 0.328 e. The van der Waals surface area contributed by atoms with Crippen LogP contribution < -0.4 is 5.32 Å². The number of nitrogens with one attached hydrogen (secondary N) is 2. The van der Waals surface area contributed by atoms with Crippen LogP contribution >= 0.6 is 11.8 Å². The summed E-state index contributed by atoms with van der Waals surface area (Å²) < 4.78 is 0. The Morgan fingerprint density at radius 1 is 1.73 bits per heavy atom. The number of amidine groups is 1. The Balaban J connectivity index is 3.77. The van der Waals surface area contributed by atoms with E-state index in [2.05, 4.69) is 5.32 Å². The summed E-state index contributed by atoms with van der Waals surface area (Å²) in [5.41, 5.74) is 0. The summed E-state index contributed by atoms with van der Waals surface area (Å²) >= 11 is 1.21. The molecule has 0 aromatic heterocycles. The Bertz CT molecular complexity index is 160. The van der Waals surface area contributed by atoms with Gasteiger partial charge in [0.25, 0.3) is 0 Å². The molecular weight excluding hydrogens is 162 g/mol. The van der Waals surface area contributed by atoms with Crippen molar-refractivity contribution in [3.8, 4) is 0 Å². The fourth-order valence-corrected chi connectivity index (χ4v) is 0.577. The minimum atomic E-state index is -0.230. The van der Waals surface area contributed by atoms with E-state index >= 15 is 0 Å². The second kappa shape index (κ2) is 5.01. The lowest BCUT2D eigenvalue weighted by Crippen LogP contribution is -2.39. The number of carbonyl (C=O) groups excluding carboxylic acids is 1. The number of urea groups is 1. The lowest BCUT2D eigenvalue weighted by atomic mass is 10.6. The van der Waals surface area contributed by atoms with Gasteiger partial charge in [0.2, 0.25) is 0 Å². The van der Waals surface area contributed by atoms with Crippen molar-refractivity contribution in [2.24, 2.45) is 0 Å². The summed E-state index contributed by atoms with van der Waals surface area (Å²) in [5.74, 6) is 0. The highest BCUT2D eigenvalue weighted by atomic mass is 32.2. The van der Waals surface area contributed by atoms with Crippen LogP contribution in [0.1, 0.15) is 6.92 Å². The molecule has 2 amide bonds. The zero-order valence-corrected chi connectivity index (χ0v) is 7.79. The topological polar surface area (TPSA) is 56.2 Å². The number of carbonyl (C=O) groups is 1. The number of rotatable bonds is 1. The highest BCUT2D eigenvalue weighted by molar-refractivity contribution is 8.13. The van der Waals surface area contributed by atoms with Gasteiger partial charge in [0.1, 0.15) is 0 Å². The summed E-state index contributed by atoms with van der Waals surface area (Å²) in [4.78, 5) is 12.5. The minimum Gasteiger partial charge on any atom is -0.328 e. The lowest BCUT2D eigenvalue weighted by Gasteiger charge is -2.14. The molecule has 0 heterocycles. The van der Waals surface area contributed by atoms with E-state index < -0.39 is 0 Å². The van der Waals surface area contributed by atoms with Crippen molar-refractivity contribution < 1.29 is 4.79 Å². The molecule has 0 aromatic rings. The molecular formula is C6H13N3OS. The second-order valence-electron chi connectivity index (χ2n) is 1.98. The first-order valence-corrected chi connectivity index (χ1v) is 4.49. The van der Waals surface area contributed by atoms with Crippen LogP contribution in [0.5, 0.6) is 0 Å². The highest BCUT2D eigenvalue weighted by Gasteiger charge is 2.06. The Labute approximate surface area is 70.8 Å². The normalized spacial score (nSPS) is 9.00. The van der Waals surface area contributed by atoms with Gasteiger partial charge in [0.05, 0.1) is 0 Å². The van der Waals surface area contributed by atoms with Crippen LogP contribution in [0.3, 0.4) is 0 Å². The van der Waals surface area contributed by atoms with E-state index in [9.17, 15) is 4.79 Å². The van der Waals surface area contributed by atoms with Crippen LogP contribution in [0, 0.1) is 5.41 Å². The van der Waals surface area contributed by atoms with E-state index in [1.807, 2.05) is 6.92 Å². The molecule has 4 nitrogen and oxygen atoms in total. The standard InChI is InChI=1S/C6H13N3OS/c1-4-9(2)6(10)8-5(7)11-3/h4H2,1-3H3,(H2,7,8,10). The van der Waals surface area contributed by atoms with Gasteiger partial charge < -0.3 is 4.90 Å². The minimum absolute atomic E-state index is 0.176. The first-order valence-electron chi connectivity index (χ1n) is 3.26. The molecule has 0 aromatic carbocycles. The average Bonchev–Trinajstić information content (AvgIpc) is 2.02. The molecule has 0 bridgehead atoms. The van der Waals surface area contributed by atoms with Gasteiger partial charge in [0, 0.05) is 13.6 Å². The molecule has 0 spiro atoms. The first-order chi connectivity index (χ1) is 5.11. The molecule has 0 aliphatic carbocycles. The smallest absolute Gasteiger partial charge is 0.323 e. The maximum Gasteiger partial charge on any atom is 0.323 e. The molecule has 0 unspecified atom stereocenters. The Hall–Kier alpha value is -0.710. The second-order valence-corrected chi connectivity index (χ2v) is 2.79. The predicted molar refractivity (Wildman–Crippen MR) is 48.1 cm³/mol. The summed E-state index contributed by atoms with van der Waals surface area (Å²) in [5, 5.41) is 9.73. The van der Waals surface area contributed by atoms with E-state index in [1.165, 1.54) is 16.7 Å². The van der Waals surface area contributed by atoms with E-state index in [-0.39, 0.29) is 11.2 Å². The monoisotopic (exact) mass is 175 g/mol. The van der Waals surface area contributed by atoms with Crippen LogP contribution in [0.25, 0.3) is 0 Å². The summed E-state index contributed by atoms with van der Waals surface area (Å²) in [6.07, 6.45) is 1.74. The third-order valence-corrected chi connectivity index (χ3v) is 1.76. The zero-order chi connectivity index (χ0) is 8.85. The van der Waals surface area contributed by atoms with Crippen LogP contribution in [0.2, 0.25) is 0 Å². The van der Waals surface area contributed by atoms with E-state index in [1.54, 1.807) is 13.3 Å². The van der Waals surface area contributed by atoms with Gasteiger partial charge in [-0.25, -0.2) is 4.79 Å². The molecule has 0 rings (SSSR count). The number of hydrogen-bond donors (Lipinski definition) is 2. The van der Waals surface area contributed by atoms with Crippen molar-refractivity contribution in [1.82, 2.24) is 10.2 Å². The van der Waals surface area contributed by atoms with E-state index in [0.717, 1.165) is 0 Å². The fraction of sp³-hybridized carbons (Fsp3) is 0.667. The third-order valence-electron chi connectivity index (χ3n) is 1.25. The van der Waals surface area contributed by atoms with Gasteiger partial charge in [-0.2, -0.15) is 0 Å². The molecule has 64 valence electrons. The maximum absolute atomic E-state index is 11.0. The van der Waals surface area contributed by atoms with E-state index in [0.29, 0.717) is 6.54 Å². The Morgan fingerprint density at radius 2 is 2.27 bits per heavy atom. The van der Waals surface area contributed by atoms with Crippen LogP contribution in [-0.4, -0.2) is 35.9 Å². The number of nitrogens with zero attached hydrogens (tertiary/aromatic N) is 1. The van der Waals surface area contributed by atoms with Crippen LogP contribution in [0.4, 0.5) is 4.79 Å². The van der Waals surface area contributed by atoms with Crippen molar-refractivity contribution >= 4 is 23.0 Å². The van der Waals surface area contributed by atoms with Gasteiger partial charge >= 0.3 is 6.03 Å². The fourth-order valence-electron chi connectivity index (χ4n) is 0.387.